The summed E-state index contributed by atoms with van der Waals surface area (Å²) < 4.78 is 7.10. The van der Waals surface area contributed by atoms with Gasteiger partial charge in [-0.2, -0.15) is 0 Å². The van der Waals surface area contributed by atoms with E-state index >= 15 is 0 Å². The van der Waals surface area contributed by atoms with E-state index in [0.717, 1.165) is 11.4 Å². The lowest BCUT2D eigenvalue weighted by Gasteiger charge is -2.13. The highest BCUT2D eigenvalue weighted by Crippen LogP contribution is 2.22. The molecule has 0 bridgehead atoms. The van der Waals surface area contributed by atoms with Crippen LogP contribution in [0.3, 0.4) is 0 Å². The lowest BCUT2D eigenvalue weighted by molar-refractivity contribution is 0.415. The van der Waals surface area contributed by atoms with Gasteiger partial charge in [-0.25, -0.2) is 9.97 Å². The zero-order valence-corrected chi connectivity index (χ0v) is 12.4. The van der Waals surface area contributed by atoms with E-state index < -0.39 is 0 Å². The molecule has 3 heterocycles. The highest BCUT2D eigenvalue weighted by atomic mass is 16.5. The molecule has 0 aliphatic rings. The Balaban J connectivity index is 2.17. The first kappa shape index (κ1) is 13.5. The van der Waals surface area contributed by atoms with Gasteiger partial charge >= 0.3 is 0 Å². The van der Waals surface area contributed by atoms with Crippen LogP contribution in [0, 0.1) is 0 Å². The van der Waals surface area contributed by atoms with Crippen LogP contribution in [0.1, 0.15) is 0 Å². The third-order valence-electron chi connectivity index (χ3n) is 3.82. The van der Waals surface area contributed by atoms with Gasteiger partial charge in [0.25, 0.3) is 0 Å². The van der Waals surface area contributed by atoms with Crippen LogP contribution in [-0.2, 0) is 0 Å². The molecule has 112 valence electrons. The van der Waals surface area contributed by atoms with Crippen molar-refractivity contribution in [2.45, 2.75) is 0 Å². The maximum Gasteiger partial charge on any atom is 0.200 e. The molecule has 0 fully saturated rings. The van der Waals surface area contributed by atoms with Crippen molar-refractivity contribution < 1.29 is 4.74 Å². The fourth-order valence-corrected chi connectivity index (χ4v) is 2.73. The van der Waals surface area contributed by atoms with E-state index in [9.17, 15) is 4.79 Å². The molecule has 0 N–H and O–H groups in total. The molecule has 1 aromatic carbocycles. The zero-order chi connectivity index (χ0) is 15.8. The van der Waals surface area contributed by atoms with Crippen LogP contribution >= 0.6 is 0 Å². The van der Waals surface area contributed by atoms with Crippen molar-refractivity contribution in [3.05, 3.63) is 71.1 Å². The van der Waals surface area contributed by atoms with Crippen LogP contribution in [0.25, 0.3) is 27.8 Å². The topological polar surface area (TPSA) is 57.0 Å². The molecule has 3 aromatic heterocycles. The lowest BCUT2D eigenvalue weighted by atomic mass is 10.2. The minimum Gasteiger partial charge on any atom is -0.497 e. The molecule has 0 radical (unpaired) electrons. The van der Waals surface area contributed by atoms with Crippen molar-refractivity contribution in [3.8, 4) is 11.4 Å². The number of hydrogen-bond acceptors (Lipinski definition) is 4. The number of methoxy groups -OCH3 is 1. The third kappa shape index (κ3) is 2.05. The van der Waals surface area contributed by atoms with E-state index in [-0.39, 0.29) is 5.43 Å². The van der Waals surface area contributed by atoms with Gasteiger partial charge in [-0.15, -0.1) is 0 Å². The molecule has 0 saturated heterocycles. The third-order valence-corrected chi connectivity index (χ3v) is 3.82. The summed E-state index contributed by atoms with van der Waals surface area (Å²) in [6.45, 7) is 0. The van der Waals surface area contributed by atoms with Crippen molar-refractivity contribution in [1.82, 2.24) is 14.5 Å². The van der Waals surface area contributed by atoms with Gasteiger partial charge < -0.3 is 4.74 Å². The second kappa shape index (κ2) is 5.21. The van der Waals surface area contributed by atoms with E-state index in [4.69, 9.17) is 4.74 Å². The molecule has 5 heteroatoms. The second-order valence-corrected chi connectivity index (χ2v) is 5.11. The van der Waals surface area contributed by atoms with Gasteiger partial charge in [-0.1, -0.05) is 0 Å². The minimum atomic E-state index is -0.0547. The van der Waals surface area contributed by atoms with Crippen LogP contribution in [0.2, 0.25) is 0 Å². The molecule has 0 spiro atoms. The summed E-state index contributed by atoms with van der Waals surface area (Å²) in [5, 5.41) is 1.15. The predicted molar refractivity (Wildman–Crippen MR) is 89.2 cm³/mol. The SMILES string of the molecule is COc1ccc(-n2c3ncccc3c(=O)c3cccnc32)cc1. The highest BCUT2D eigenvalue weighted by Gasteiger charge is 2.13. The second-order valence-electron chi connectivity index (χ2n) is 5.11. The Bertz CT molecular complexity index is 1010. The van der Waals surface area contributed by atoms with E-state index in [1.165, 1.54) is 0 Å². The molecule has 5 nitrogen and oxygen atoms in total. The average molecular weight is 303 g/mol. The number of rotatable bonds is 2. The summed E-state index contributed by atoms with van der Waals surface area (Å²) in [5.41, 5.74) is 2.00. The van der Waals surface area contributed by atoms with Crippen LogP contribution in [0.5, 0.6) is 5.75 Å². The zero-order valence-electron chi connectivity index (χ0n) is 12.4. The first-order valence-corrected chi connectivity index (χ1v) is 7.18. The average Bonchev–Trinajstić information content (AvgIpc) is 2.63. The molecular formula is C18H13N3O2. The van der Waals surface area contributed by atoms with Gasteiger partial charge in [-0.3, -0.25) is 9.36 Å². The Morgan fingerprint density at radius 1 is 0.870 bits per heavy atom. The maximum atomic E-state index is 12.7. The van der Waals surface area contributed by atoms with Gasteiger partial charge in [0.15, 0.2) is 0 Å². The summed E-state index contributed by atoms with van der Waals surface area (Å²) in [6.07, 6.45) is 3.35. The number of ether oxygens (including phenoxy) is 1. The molecule has 0 unspecified atom stereocenters. The number of fused-ring (bicyclic) bond motifs is 2. The Morgan fingerprint density at radius 3 is 1.96 bits per heavy atom. The van der Waals surface area contributed by atoms with Gasteiger partial charge in [0, 0.05) is 18.1 Å². The van der Waals surface area contributed by atoms with E-state index in [0.29, 0.717) is 22.1 Å². The molecule has 0 saturated carbocycles. The molecule has 0 atom stereocenters. The number of nitrogens with zero attached hydrogens (tertiary/aromatic N) is 3. The molecule has 0 amide bonds. The number of benzene rings is 1. The summed E-state index contributed by atoms with van der Waals surface area (Å²) in [7, 11) is 1.63. The molecule has 0 aliphatic heterocycles. The Hall–Kier alpha value is -3.21. The smallest absolute Gasteiger partial charge is 0.200 e. The van der Waals surface area contributed by atoms with E-state index in [1.54, 1.807) is 43.8 Å². The van der Waals surface area contributed by atoms with Crippen molar-refractivity contribution in [3.63, 3.8) is 0 Å². The largest absolute Gasteiger partial charge is 0.497 e. The fourth-order valence-electron chi connectivity index (χ4n) is 2.73. The number of pyridine rings is 3. The van der Waals surface area contributed by atoms with E-state index in [1.807, 2.05) is 28.8 Å². The van der Waals surface area contributed by atoms with E-state index in [2.05, 4.69) is 9.97 Å². The Morgan fingerprint density at radius 2 is 1.43 bits per heavy atom. The molecule has 0 aliphatic carbocycles. The molecule has 23 heavy (non-hydrogen) atoms. The minimum absolute atomic E-state index is 0.0547. The van der Waals surface area contributed by atoms with Crippen molar-refractivity contribution in [1.29, 1.82) is 0 Å². The van der Waals surface area contributed by atoms with Gasteiger partial charge in [0.1, 0.15) is 17.0 Å². The van der Waals surface area contributed by atoms with Crippen LogP contribution < -0.4 is 10.2 Å². The summed E-state index contributed by atoms with van der Waals surface area (Å²) in [4.78, 5) is 21.5. The lowest BCUT2D eigenvalue weighted by Crippen LogP contribution is -2.12. The fraction of sp³-hybridized carbons (Fsp3) is 0.0556. The van der Waals surface area contributed by atoms with Crippen LogP contribution in [-0.4, -0.2) is 21.6 Å². The Labute approximate surface area is 131 Å². The van der Waals surface area contributed by atoms with Gasteiger partial charge in [0.2, 0.25) is 5.43 Å². The normalized spacial score (nSPS) is 11.0. The predicted octanol–water partition coefficient (Wildman–Crippen LogP) is 2.94. The standard InChI is InChI=1S/C18H13N3O2/c1-23-13-8-6-12(7-9-13)21-17-14(4-2-10-19-17)16(22)15-5-3-11-20-18(15)21/h2-11H,1H3. The summed E-state index contributed by atoms with van der Waals surface area (Å²) in [6, 6.07) is 14.7. The van der Waals surface area contributed by atoms with Gasteiger partial charge in [0.05, 0.1) is 17.9 Å². The monoisotopic (exact) mass is 303 g/mol. The molecule has 4 aromatic rings. The quantitative estimate of drug-likeness (QED) is 0.534. The maximum absolute atomic E-state index is 12.7. The Kier molecular flexibility index (Phi) is 3.05. The number of aromatic nitrogens is 3. The first-order chi connectivity index (χ1) is 11.3. The highest BCUT2D eigenvalue weighted by molar-refractivity contribution is 5.91. The van der Waals surface area contributed by atoms with Crippen LogP contribution in [0.15, 0.2) is 65.7 Å². The van der Waals surface area contributed by atoms with Gasteiger partial charge in [-0.05, 0) is 48.5 Å². The van der Waals surface area contributed by atoms with Crippen molar-refractivity contribution in [2.75, 3.05) is 7.11 Å². The summed E-state index contributed by atoms with van der Waals surface area (Å²) >= 11 is 0. The number of hydrogen-bond donors (Lipinski definition) is 0. The first-order valence-electron chi connectivity index (χ1n) is 7.18. The molecular weight excluding hydrogens is 290 g/mol. The van der Waals surface area contributed by atoms with Crippen molar-refractivity contribution in [2.24, 2.45) is 0 Å². The summed E-state index contributed by atoms with van der Waals surface area (Å²) in [5.74, 6) is 0.768. The molecule has 4 rings (SSSR count). The van der Waals surface area contributed by atoms with Crippen LogP contribution in [0.4, 0.5) is 0 Å². The van der Waals surface area contributed by atoms with Crippen molar-refractivity contribution >= 4 is 22.1 Å².